The van der Waals surface area contributed by atoms with Gasteiger partial charge in [0.25, 0.3) is 0 Å². The number of phenols is 1. The van der Waals surface area contributed by atoms with Crippen molar-refractivity contribution in [2.45, 2.75) is 20.1 Å². The zero-order valence-corrected chi connectivity index (χ0v) is 11.5. The zero-order valence-electron chi connectivity index (χ0n) is 11.5. The van der Waals surface area contributed by atoms with E-state index in [4.69, 9.17) is 9.57 Å². The van der Waals surface area contributed by atoms with E-state index < -0.39 is 0 Å². The van der Waals surface area contributed by atoms with Crippen molar-refractivity contribution in [3.8, 4) is 11.5 Å². The molecule has 0 amide bonds. The fourth-order valence-electron chi connectivity index (χ4n) is 1.78. The highest BCUT2D eigenvalue weighted by atomic mass is 16.6. The van der Waals surface area contributed by atoms with Crippen molar-refractivity contribution < 1.29 is 14.7 Å². The van der Waals surface area contributed by atoms with Crippen molar-refractivity contribution in [3.05, 3.63) is 59.7 Å². The normalized spacial score (nSPS) is 10.4. The number of hydrogen-bond donors (Lipinski definition) is 2. The number of benzene rings is 2. The van der Waals surface area contributed by atoms with E-state index in [2.05, 4.69) is 5.48 Å². The number of hydroxylamine groups is 1. The number of hydrogen-bond acceptors (Lipinski definition) is 4. The molecule has 0 aliphatic carbocycles. The maximum Gasteiger partial charge on any atom is 0.161 e. The van der Waals surface area contributed by atoms with Gasteiger partial charge in [0.05, 0.1) is 13.2 Å². The molecule has 20 heavy (non-hydrogen) atoms. The Balaban J connectivity index is 1.80. The second-order valence-corrected chi connectivity index (χ2v) is 4.33. The fraction of sp³-hybridized carbons (Fsp3) is 0.250. The Kier molecular flexibility index (Phi) is 5.41. The van der Waals surface area contributed by atoms with Crippen LogP contribution in [0.4, 0.5) is 0 Å². The minimum atomic E-state index is 0.154. The van der Waals surface area contributed by atoms with Gasteiger partial charge in [0.15, 0.2) is 11.5 Å². The molecule has 0 aliphatic heterocycles. The van der Waals surface area contributed by atoms with Gasteiger partial charge >= 0.3 is 0 Å². The molecule has 4 nitrogen and oxygen atoms in total. The predicted molar refractivity (Wildman–Crippen MR) is 77.3 cm³/mol. The molecule has 0 saturated heterocycles. The van der Waals surface area contributed by atoms with Crippen molar-refractivity contribution in [1.82, 2.24) is 5.48 Å². The van der Waals surface area contributed by atoms with Gasteiger partial charge in [0.2, 0.25) is 0 Å². The van der Waals surface area contributed by atoms with Gasteiger partial charge in [-0.25, -0.2) is 0 Å². The van der Waals surface area contributed by atoms with E-state index in [1.807, 2.05) is 43.3 Å². The third-order valence-corrected chi connectivity index (χ3v) is 2.78. The van der Waals surface area contributed by atoms with Crippen LogP contribution >= 0.6 is 0 Å². The predicted octanol–water partition coefficient (Wildman–Crippen LogP) is 3.01. The Bertz CT molecular complexity index is 529. The molecule has 0 fully saturated rings. The molecule has 0 aromatic heterocycles. The fourth-order valence-corrected chi connectivity index (χ4v) is 1.78. The largest absolute Gasteiger partial charge is 0.504 e. The number of phenolic OH excluding ortho intramolecular Hbond substituents is 1. The summed E-state index contributed by atoms with van der Waals surface area (Å²) in [4.78, 5) is 5.40. The Morgan fingerprint density at radius 3 is 2.60 bits per heavy atom. The first-order valence-electron chi connectivity index (χ1n) is 6.63. The van der Waals surface area contributed by atoms with Crippen molar-refractivity contribution >= 4 is 0 Å². The van der Waals surface area contributed by atoms with Gasteiger partial charge in [0, 0.05) is 6.54 Å². The minimum absolute atomic E-state index is 0.154. The molecule has 4 heteroatoms. The van der Waals surface area contributed by atoms with Crippen LogP contribution in [0, 0.1) is 0 Å². The lowest BCUT2D eigenvalue weighted by atomic mass is 10.2. The monoisotopic (exact) mass is 273 g/mol. The van der Waals surface area contributed by atoms with Gasteiger partial charge in [-0.2, -0.15) is 5.48 Å². The second kappa shape index (κ2) is 7.53. The Morgan fingerprint density at radius 2 is 1.85 bits per heavy atom. The quantitative estimate of drug-likeness (QED) is 0.601. The van der Waals surface area contributed by atoms with E-state index in [-0.39, 0.29) is 5.75 Å². The van der Waals surface area contributed by atoms with Gasteiger partial charge in [-0.1, -0.05) is 36.4 Å². The van der Waals surface area contributed by atoms with E-state index in [1.165, 1.54) is 0 Å². The van der Waals surface area contributed by atoms with Crippen LogP contribution in [0.25, 0.3) is 0 Å². The lowest BCUT2D eigenvalue weighted by Gasteiger charge is -2.09. The maximum absolute atomic E-state index is 9.61. The van der Waals surface area contributed by atoms with Crippen LogP contribution in [0.3, 0.4) is 0 Å². The molecule has 2 aromatic carbocycles. The van der Waals surface area contributed by atoms with Crippen LogP contribution in [0.15, 0.2) is 48.5 Å². The van der Waals surface area contributed by atoms with E-state index in [1.54, 1.807) is 12.1 Å². The summed E-state index contributed by atoms with van der Waals surface area (Å²) in [7, 11) is 0. The van der Waals surface area contributed by atoms with Gasteiger partial charge in [0.1, 0.15) is 0 Å². The Morgan fingerprint density at radius 1 is 1.05 bits per heavy atom. The number of ether oxygens (including phenoxy) is 1. The molecule has 0 saturated carbocycles. The summed E-state index contributed by atoms with van der Waals surface area (Å²) in [6.07, 6.45) is 0. The first kappa shape index (κ1) is 14.4. The third kappa shape index (κ3) is 4.26. The first-order chi connectivity index (χ1) is 9.79. The van der Waals surface area contributed by atoms with Crippen molar-refractivity contribution in [2.24, 2.45) is 0 Å². The Labute approximate surface area is 118 Å². The smallest absolute Gasteiger partial charge is 0.161 e. The summed E-state index contributed by atoms with van der Waals surface area (Å²) >= 11 is 0. The highest BCUT2D eigenvalue weighted by molar-refractivity contribution is 5.41. The van der Waals surface area contributed by atoms with E-state index >= 15 is 0 Å². The first-order valence-corrected chi connectivity index (χ1v) is 6.63. The minimum Gasteiger partial charge on any atom is -0.504 e. The molecule has 2 rings (SSSR count). The van der Waals surface area contributed by atoms with E-state index in [9.17, 15) is 5.11 Å². The van der Waals surface area contributed by atoms with Gasteiger partial charge in [-0.3, -0.25) is 4.84 Å². The average molecular weight is 273 g/mol. The topological polar surface area (TPSA) is 50.7 Å². The molecule has 2 N–H and O–H groups in total. The summed E-state index contributed by atoms with van der Waals surface area (Å²) in [5, 5.41) is 9.61. The third-order valence-electron chi connectivity index (χ3n) is 2.78. The molecule has 106 valence electrons. The van der Waals surface area contributed by atoms with E-state index in [0.29, 0.717) is 25.5 Å². The summed E-state index contributed by atoms with van der Waals surface area (Å²) in [5.41, 5.74) is 5.00. The molecule has 0 spiro atoms. The molecule has 0 heterocycles. The lowest BCUT2D eigenvalue weighted by molar-refractivity contribution is 0.0234. The van der Waals surface area contributed by atoms with E-state index in [0.717, 1.165) is 11.1 Å². The molecule has 0 bridgehead atoms. The number of rotatable bonds is 7. The molecular weight excluding hydrogens is 254 g/mol. The number of nitrogens with one attached hydrogen (secondary N) is 1. The van der Waals surface area contributed by atoms with Crippen LogP contribution in [-0.4, -0.2) is 11.7 Å². The molecule has 2 aromatic rings. The lowest BCUT2D eigenvalue weighted by Crippen LogP contribution is -2.13. The molecule has 0 radical (unpaired) electrons. The summed E-state index contributed by atoms with van der Waals surface area (Å²) < 4.78 is 5.33. The van der Waals surface area contributed by atoms with Crippen molar-refractivity contribution in [1.29, 1.82) is 0 Å². The van der Waals surface area contributed by atoms with Gasteiger partial charge in [-0.05, 0) is 30.2 Å². The molecule has 0 aliphatic rings. The van der Waals surface area contributed by atoms with Gasteiger partial charge in [-0.15, -0.1) is 0 Å². The highest BCUT2D eigenvalue weighted by Crippen LogP contribution is 2.26. The van der Waals surface area contributed by atoms with Crippen molar-refractivity contribution in [3.63, 3.8) is 0 Å². The van der Waals surface area contributed by atoms with Crippen LogP contribution in [0.1, 0.15) is 18.1 Å². The SMILES string of the molecule is CCOc1cc(CNOCc2ccccc2)ccc1O. The van der Waals surface area contributed by atoms with Crippen LogP contribution in [0.2, 0.25) is 0 Å². The summed E-state index contributed by atoms with van der Waals surface area (Å²) in [5.74, 6) is 0.649. The summed E-state index contributed by atoms with van der Waals surface area (Å²) in [6, 6.07) is 15.2. The summed E-state index contributed by atoms with van der Waals surface area (Å²) in [6.45, 7) is 3.46. The zero-order chi connectivity index (χ0) is 14.2. The van der Waals surface area contributed by atoms with Crippen LogP contribution in [-0.2, 0) is 18.0 Å². The highest BCUT2D eigenvalue weighted by Gasteiger charge is 2.03. The Hall–Kier alpha value is -2.04. The van der Waals surface area contributed by atoms with Crippen molar-refractivity contribution in [2.75, 3.05) is 6.61 Å². The maximum atomic E-state index is 9.61. The molecule has 0 unspecified atom stereocenters. The molecule has 0 atom stereocenters. The van der Waals surface area contributed by atoms with Gasteiger partial charge < -0.3 is 9.84 Å². The average Bonchev–Trinajstić information content (AvgIpc) is 2.48. The standard InChI is InChI=1S/C16H19NO3/c1-2-19-16-10-14(8-9-15(16)18)11-17-20-12-13-6-4-3-5-7-13/h3-10,17-18H,2,11-12H2,1H3. The number of aromatic hydroxyl groups is 1. The van der Waals surface area contributed by atoms with Crippen LogP contribution < -0.4 is 10.2 Å². The second-order valence-electron chi connectivity index (χ2n) is 4.33. The molecular formula is C16H19NO3. The van der Waals surface area contributed by atoms with Crippen LogP contribution in [0.5, 0.6) is 11.5 Å².